The molecule has 0 aliphatic carbocycles. The van der Waals surface area contributed by atoms with Gasteiger partial charge in [0.05, 0.1) is 16.4 Å². The van der Waals surface area contributed by atoms with E-state index in [0.717, 1.165) is 30.9 Å². The van der Waals surface area contributed by atoms with Crippen LogP contribution in [0.5, 0.6) is 0 Å². The van der Waals surface area contributed by atoms with E-state index in [1.54, 1.807) is 0 Å². The summed E-state index contributed by atoms with van der Waals surface area (Å²) in [5.41, 5.74) is 7.50. The van der Waals surface area contributed by atoms with Crippen molar-refractivity contribution < 1.29 is 0 Å². The maximum atomic E-state index is 6.13. The van der Waals surface area contributed by atoms with Gasteiger partial charge in [0.15, 0.2) is 0 Å². The summed E-state index contributed by atoms with van der Waals surface area (Å²) < 4.78 is 0. The molecule has 1 unspecified atom stereocenters. The Bertz CT molecular complexity index is 326. The number of nitrogens with one attached hydrogen (secondary N) is 2. The van der Waals surface area contributed by atoms with Gasteiger partial charge < -0.3 is 16.4 Å². The van der Waals surface area contributed by atoms with Crippen molar-refractivity contribution in [2.24, 2.45) is 0 Å². The van der Waals surface area contributed by atoms with Gasteiger partial charge in [-0.25, -0.2) is 0 Å². The lowest BCUT2D eigenvalue weighted by molar-refractivity contribution is 0.636. The minimum atomic E-state index is 0.421. The molecule has 0 bridgehead atoms. The van der Waals surface area contributed by atoms with Crippen LogP contribution in [0.4, 0.5) is 11.4 Å². The summed E-state index contributed by atoms with van der Waals surface area (Å²) in [7, 11) is 0. The maximum absolute atomic E-state index is 6.13. The minimum absolute atomic E-state index is 0.421. The van der Waals surface area contributed by atoms with Crippen molar-refractivity contribution in [3.8, 4) is 0 Å². The molecule has 1 aliphatic rings. The SMILES string of the molecule is Nc1cccc(Cl)c1NC1CCCCNC1. The predicted molar refractivity (Wildman–Crippen MR) is 70.0 cm³/mol. The van der Waals surface area contributed by atoms with E-state index in [-0.39, 0.29) is 0 Å². The van der Waals surface area contributed by atoms with Crippen LogP contribution in [0.25, 0.3) is 0 Å². The lowest BCUT2D eigenvalue weighted by Crippen LogP contribution is -2.31. The Morgan fingerprint density at radius 1 is 1.38 bits per heavy atom. The highest BCUT2D eigenvalue weighted by Crippen LogP contribution is 2.29. The molecule has 3 nitrogen and oxygen atoms in total. The maximum Gasteiger partial charge on any atom is 0.0765 e. The molecule has 0 spiro atoms. The molecule has 88 valence electrons. The number of anilines is 2. The van der Waals surface area contributed by atoms with Gasteiger partial charge in [0.2, 0.25) is 0 Å². The number of nitrogens with two attached hydrogens (primary N) is 1. The molecule has 1 atom stereocenters. The molecule has 1 aliphatic heterocycles. The van der Waals surface area contributed by atoms with Gasteiger partial charge in [0.1, 0.15) is 0 Å². The molecule has 1 aromatic rings. The first kappa shape index (κ1) is 11.6. The third-order valence-corrected chi connectivity index (χ3v) is 3.26. The zero-order chi connectivity index (χ0) is 11.4. The van der Waals surface area contributed by atoms with Crippen LogP contribution < -0.4 is 16.4 Å². The lowest BCUT2D eigenvalue weighted by Gasteiger charge is -2.20. The molecule has 1 fully saturated rings. The summed E-state index contributed by atoms with van der Waals surface area (Å²) in [5.74, 6) is 0. The molecule has 0 saturated carbocycles. The van der Waals surface area contributed by atoms with Gasteiger partial charge in [0, 0.05) is 12.6 Å². The Morgan fingerprint density at radius 3 is 3.06 bits per heavy atom. The lowest BCUT2D eigenvalue weighted by atomic mass is 10.1. The van der Waals surface area contributed by atoms with E-state index >= 15 is 0 Å². The van der Waals surface area contributed by atoms with Crippen LogP contribution in [-0.2, 0) is 0 Å². The van der Waals surface area contributed by atoms with Crippen molar-refractivity contribution in [1.29, 1.82) is 0 Å². The molecule has 0 amide bonds. The molecule has 1 heterocycles. The molecular weight excluding hydrogens is 222 g/mol. The molecule has 0 aromatic heterocycles. The van der Waals surface area contributed by atoms with Gasteiger partial charge in [-0.1, -0.05) is 24.1 Å². The van der Waals surface area contributed by atoms with Gasteiger partial charge in [-0.05, 0) is 31.5 Å². The summed E-state index contributed by atoms with van der Waals surface area (Å²) in [6.07, 6.45) is 3.66. The fourth-order valence-electron chi connectivity index (χ4n) is 2.04. The van der Waals surface area contributed by atoms with Gasteiger partial charge >= 0.3 is 0 Å². The van der Waals surface area contributed by atoms with Crippen molar-refractivity contribution in [2.45, 2.75) is 25.3 Å². The van der Waals surface area contributed by atoms with E-state index in [9.17, 15) is 0 Å². The highest BCUT2D eigenvalue weighted by molar-refractivity contribution is 6.33. The number of hydrogen-bond donors (Lipinski definition) is 3. The molecule has 0 radical (unpaired) electrons. The van der Waals surface area contributed by atoms with Crippen LogP contribution >= 0.6 is 11.6 Å². The molecule has 2 rings (SSSR count). The van der Waals surface area contributed by atoms with Crippen molar-refractivity contribution in [1.82, 2.24) is 5.32 Å². The van der Waals surface area contributed by atoms with E-state index in [2.05, 4.69) is 10.6 Å². The molecule has 1 saturated heterocycles. The van der Waals surface area contributed by atoms with Crippen LogP contribution in [0, 0.1) is 0 Å². The largest absolute Gasteiger partial charge is 0.397 e. The Kier molecular flexibility index (Phi) is 3.91. The van der Waals surface area contributed by atoms with E-state index in [4.69, 9.17) is 17.3 Å². The Labute approximate surface area is 101 Å². The summed E-state index contributed by atoms with van der Waals surface area (Å²) in [4.78, 5) is 0. The zero-order valence-corrected chi connectivity index (χ0v) is 10.1. The van der Waals surface area contributed by atoms with E-state index < -0.39 is 0 Å². The van der Waals surface area contributed by atoms with Crippen molar-refractivity contribution in [2.75, 3.05) is 24.1 Å². The van der Waals surface area contributed by atoms with Gasteiger partial charge in [0.25, 0.3) is 0 Å². The average Bonchev–Trinajstić information content (AvgIpc) is 2.52. The second-order valence-corrected chi connectivity index (χ2v) is 4.65. The van der Waals surface area contributed by atoms with Crippen molar-refractivity contribution >= 4 is 23.0 Å². The third kappa shape index (κ3) is 2.80. The summed E-state index contributed by atoms with van der Waals surface area (Å²) in [6, 6.07) is 6.03. The average molecular weight is 240 g/mol. The second-order valence-electron chi connectivity index (χ2n) is 4.25. The number of para-hydroxylation sites is 1. The minimum Gasteiger partial charge on any atom is -0.397 e. The van der Waals surface area contributed by atoms with Crippen LogP contribution in [0.3, 0.4) is 0 Å². The van der Waals surface area contributed by atoms with Crippen molar-refractivity contribution in [3.63, 3.8) is 0 Å². The second kappa shape index (κ2) is 5.41. The topological polar surface area (TPSA) is 50.1 Å². The normalized spacial score (nSPS) is 21.4. The number of nitrogen functional groups attached to an aromatic ring is 1. The molecule has 4 N–H and O–H groups in total. The standard InChI is InChI=1S/C12H18ClN3/c13-10-5-3-6-11(14)12(10)16-9-4-1-2-7-15-8-9/h3,5-6,9,15-16H,1-2,4,7-8,14H2. The summed E-state index contributed by atoms with van der Waals surface area (Å²) in [6.45, 7) is 2.08. The van der Waals surface area contributed by atoms with Crippen molar-refractivity contribution in [3.05, 3.63) is 23.2 Å². The first-order chi connectivity index (χ1) is 7.77. The molecular formula is C12H18ClN3. The fourth-order valence-corrected chi connectivity index (χ4v) is 2.28. The Balaban J connectivity index is 2.07. The van der Waals surface area contributed by atoms with Crippen LogP contribution in [-0.4, -0.2) is 19.1 Å². The van der Waals surface area contributed by atoms with Gasteiger partial charge in [-0.3, -0.25) is 0 Å². The Morgan fingerprint density at radius 2 is 2.25 bits per heavy atom. The number of hydrogen-bond acceptors (Lipinski definition) is 3. The first-order valence-electron chi connectivity index (χ1n) is 5.78. The van der Waals surface area contributed by atoms with Crippen LogP contribution in [0.15, 0.2) is 18.2 Å². The number of rotatable bonds is 2. The van der Waals surface area contributed by atoms with E-state index in [1.165, 1.54) is 12.8 Å². The smallest absolute Gasteiger partial charge is 0.0765 e. The summed E-state index contributed by atoms with van der Waals surface area (Å²) in [5, 5.41) is 7.55. The molecule has 1 aromatic carbocycles. The highest BCUT2D eigenvalue weighted by atomic mass is 35.5. The summed E-state index contributed by atoms with van der Waals surface area (Å²) >= 11 is 6.13. The quantitative estimate of drug-likeness (QED) is 0.695. The van der Waals surface area contributed by atoms with E-state index in [0.29, 0.717) is 11.1 Å². The monoisotopic (exact) mass is 239 g/mol. The van der Waals surface area contributed by atoms with E-state index in [1.807, 2.05) is 18.2 Å². The first-order valence-corrected chi connectivity index (χ1v) is 6.16. The number of halogens is 1. The Hall–Kier alpha value is -0.930. The third-order valence-electron chi connectivity index (χ3n) is 2.94. The number of benzene rings is 1. The van der Waals surface area contributed by atoms with Crippen LogP contribution in [0.2, 0.25) is 5.02 Å². The highest BCUT2D eigenvalue weighted by Gasteiger charge is 2.14. The predicted octanol–water partition coefficient (Wildman–Crippen LogP) is 2.48. The zero-order valence-electron chi connectivity index (χ0n) is 9.30. The van der Waals surface area contributed by atoms with Gasteiger partial charge in [-0.15, -0.1) is 0 Å². The fraction of sp³-hybridized carbons (Fsp3) is 0.500. The van der Waals surface area contributed by atoms with Crippen LogP contribution in [0.1, 0.15) is 19.3 Å². The molecule has 4 heteroatoms. The molecule has 16 heavy (non-hydrogen) atoms. The van der Waals surface area contributed by atoms with Gasteiger partial charge in [-0.2, -0.15) is 0 Å².